The molecule has 1 aromatic carbocycles. The molecule has 13 heavy (non-hydrogen) atoms. The number of halogens is 1. The summed E-state index contributed by atoms with van der Waals surface area (Å²) in [5, 5.41) is 3.40. The van der Waals surface area contributed by atoms with Gasteiger partial charge >= 0.3 is 0 Å². The van der Waals surface area contributed by atoms with Crippen LogP contribution >= 0.6 is 34.4 Å². The number of benzene rings is 1. The maximum atomic E-state index is 3.40. The largest absolute Gasteiger partial charge is 0.385 e. The van der Waals surface area contributed by atoms with Crippen molar-refractivity contribution in [2.24, 2.45) is 0 Å². The van der Waals surface area contributed by atoms with Crippen LogP contribution in [0.2, 0.25) is 0 Å². The van der Waals surface area contributed by atoms with Gasteiger partial charge in [-0.3, -0.25) is 0 Å². The van der Waals surface area contributed by atoms with Crippen molar-refractivity contribution >= 4 is 40.0 Å². The van der Waals surface area contributed by atoms with Crippen LogP contribution in [0.3, 0.4) is 0 Å². The lowest BCUT2D eigenvalue weighted by molar-refractivity contribution is 0.993. The van der Waals surface area contributed by atoms with E-state index in [1.807, 2.05) is 11.8 Å². The van der Waals surface area contributed by atoms with E-state index in [1.54, 1.807) is 0 Å². The number of rotatable bonds is 5. The van der Waals surface area contributed by atoms with Gasteiger partial charge in [0, 0.05) is 15.8 Å². The Kier molecular flexibility index (Phi) is 5.62. The number of hydrogen-bond acceptors (Lipinski definition) is 2. The minimum atomic E-state index is 1.07. The molecule has 0 spiro atoms. The summed E-state index contributed by atoms with van der Waals surface area (Å²) in [6.45, 7) is 1.07. The van der Waals surface area contributed by atoms with Crippen molar-refractivity contribution in [2.75, 3.05) is 23.9 Å². The predicted octanol–water partition coefficient (Wildman–Crippen LogP) is 3.46. The lowest BCUT2D eigenvalue weighted by Gasteiger charge is -2.05. The van der Waals surface area contributed by atoms with Gasteiger partial charge in [0.1, 0.15) is 0 Å². The Morgan fingerprint density at radius 2 is 2.31 bits per heavy atom. The molecule has 1 rings (SSSR count). The quantitative estimate of drug-likeness (QED) is 0.660. The molecule has 0 saturated heterocycles. The minimum absolute atomic E-state index is 1.07. The third-order valence-electron chi connectivity index (χ3n) is 1.68. The van der Waals surface area contributed by atoms with Crippen LogP contribution in [0.4, 0.5) is 5.69 Å². The van der Waals surface area contributed by atoms with E-state index in [2.05, 4.69) is 58.4 Å². The molecule has 0 fully saturated rings. The van der Waals surface area contributed by atoms with E-state index >= 15 is 0 Å². The van der Waals surface area contributed by atoms with Gasteiger partial charge in [-0.15, -0.1) is 0 Å². The molecule has 0 atom stereocenters. The summed E-state index contributed by atoms with van der Waals surface area (Å²) in [4.78, 5) is 0. The number of hydrogen-bond donors (Lipinski definition) is 1. The van der Waals surface area contributed by atoms with Gasteiger partial charge in [0.15, 0.2) is 0 Å². The summed E-state index contributed by atoms with van der Waals surface area (Å²) in [6, 6.07) is 8.47. The monoisotopic (exact) mass is 307 g/mol. The smallest absolute Gasteiger partial charge is 0.0350 e. The van der Waals surface area contributed by atoms with Crippen LogP contribution in [0.5, 0.6) is 0 Å². The van der Waals surface area contributed by atoms with Gasteiger partial charge in [-0.2, -0.15) is 11.8 Å². The fourth-order valence-electron chi connectivity index (χ4n) is 1.05. The van der Waals surface area contributed by atoms with E-state index in [9.17, 15) is 0 Å². The summed E-state index contributed by atoms with van der Waals surface area (Å²) in [7, 11) is 0. The van der Waals surface area contributed by atoms with Gasteiger partial charge in [-0.1, -0.05) is 6.07 Å². The molecule has 0 amide bonds. The second-order valence-corrected chi connectivity index (χ2v) is 5.01. The SMILES string of the molecule is CSCCCNc1cccc(I)c1. The molecule has 0 unspecified atom stereocenters. The number of anilines is 1. The first kappa shape index (κ1) is 11.2. The second-order valence-electron chi connectivity index (χ2n) is 2.78. The zero-order valence-electron chi connectivity index (χ0n) is 7.72. The first-order valence-corrected chi connectivity index (χ1v) is 6.78. The third-order valence-corrected chi connectivity index (χ3v) is 3.05. The standard InChI is InChI=1S/C10H14INS/c1-13-7-3-6-12-10-5-2-4-9(11)8-10/h2,4-5,8,12H,3,6-7H2,1H3. The Morgan fingerprint density at radius 1 is 1.46 bits per heavy atom. The maximum Gasteiger partial charge on any atom is 0.0350 e. The first-order valence-electron chi connectivity index (χ1n) is 4.31. The predicted molar refractivity (Wildman–Crippen MR) is 70.6 cm³/mol. The van der Waals surface area contributed by atoms with Crippen LogP contribution in [0.15, 0.2) is 24.3 Å². The molecule has 0 aliphatic carbocycles. The van der Waals surface area contributed by atoms with Gasteiger partial charge in [-0.05, 0) is 59.2 Å². The van der Waals surface area contributed by atoms with Gasteiger partial charge in [0.2, 0.25) is 0 Å². The van der Waals surface area contributed by atoms with Crippen LogP contribution < -0.4 is 5.32 Å². The van der Waals surface area contributed by atoms with Gasteiger partial charge < -0.3 is 5.32 Å². The molecular formula is C10H14INS. The normalized spacial score (nSPS) is 10.0. The highest BCUT2D eigenvalue weighted by Gasteiger charge is 1.91. The average Bonchev–Trinajstić information content (AvgIpc) is 2.13. The Labute approximate surface area is 97.8 Å². The average molecular weight is 307 g/mol. The molecule has 1 aromatic rings. The molecule has 0 bridgehead atoms. The zero-order chi connectivity index (χ0) is 9.52. The Hall–Kier alpha value is 0.100. The molecule has 1 N–H and O–H groups in total. The molecule has 0 aromatic heterocycles. The van der Waals surface area contributed by atoms with Crippen molar-refractivity contribution in [1.29, 1.82) is 0 Å². The van der Waals surface area contributed by atoms with Crippen molar-refractivity contribution in [2.45, 2.75) is 6.42 Å². The molecule has 0 radical (unpaired) electrons. The molecule has 1 nitrogen and oxygen atoms in total. The van der Waals surface area contributed by atoms with Crippen LogP contribution in [-0.4, -0.2) is 18.6 Å². The number of thioether (sulfide) groups is 1. The van der Waals surface area contributed by atoms with Crippen molar-refractivity contribution in [3.8, 4) is 0 Å². The van der Waals surface area contributed by atoms with E-state index in [4.69, 9.17) is 0 Å². The lowest BCUT2D eigenvalue weighted by Crippen LogP contribution is -2.02. The highest BCUT2D eigenvalue weighted by molar-refractivity contribution is 14.1. The van der Waals surface area contributed by atoms with Crippen LogP contribution in [0.25, 0.3) is 0 Å². The van der Waals surface area contributed by atoms with Gasteiger partial charge in [0.05, 0.1) is 0 Å². The van der Waals surface area contributed by atoms with E-state index in [0.29, 0.717) is 0 Å². The highest BCUT2D eigenvalue weighted by atomic mass is 127. The molecule has 72 valence electrons. The molecule has 0 aliphatic rings. The van der Waals surface area contributed by atoms with Crippen LogP contribution in [-0.2, 0) is 0 Å². The van der Waals surface area contributed by atoms with E-state index < -0.39 is 0 Å². The summed E-state index contributed by atoms with van der Waals surface area (Å²) >= 11 is 4.23. The van der Waals surface area contributed by atoms with E-state index in [-0.39, 0.29) is 0 Å². The summed E-state index contributed by atoms with van der Waals surface area (Å²) in [5.74, 6) is 1.23. The molecule has 0 aliphatic heterocycles. The van der Waals surface area contributed by atoms with Crippen LogP contribution in [0.1, 0.15) is 6.42 Å². The summed E-state index contributed by atoms with van der Waals surface area (Å²) in [6.07, 6.45) is 3.37. The fraction of sp³-hybridized carbons (Fsp3) is 0.400. The molecule has 3 heteroatoms. The fourth-order valence-corrected chi connectivity index (χ4v) is 2.02. The Bertz CT molecular complexity index is 252. The molecular weight excluding hydrogens is 293 g/mol. The summed E-state index contributed by atoms with van der Waals surface area (Å²) in [5.41, 5.74) is 1.23. The van der Waals surface area contributed by atoms with Crippen molar-refractivity contribution in [3.05, 3.63) is 27.8 Å². The lowest BCUT2D eigenvalue weighted by atomic mass is 10.3. The van der Waals surface area contributed by atoms with Crippen LogP contribution in [0, 0.1) is 3.57 Å². The van der Waals surface area contributed by atoms with Gasteiger partial charge in [0.25, 0.3) is 0 Å². The van der Waals surface area contributed by atoms with Crippen molar-refractivity contribution < 1.29 is 0 Å². The maximum absolute atomic E-state index is 3.40. The minimum Gasteiger partial charge on any atom is -0.385 e. The Balaban J connectivity index is 2.28. The third kappa shape index (κ3) is 4.76. The molecule has 0 heterocycles. The van der Waals surface area contributed by atoms with E-state index in [1.165, 1.54) is 21.4 Å². The number of nitrogens with one attached hydrogen (secondary N) is 1. The first-order chi connectivity index (χ1) is 6.33. The zero-order valence-corrected chi connectivity index (χ0v) is 10.7. The van der Waals surface area contributed by atoms with Gasteiger partial charge in [-0.25, -0.2) is 0 Å². The topological polar surface area (TPSA) is 12.0 Å². The van der Waals surface area contributed by atoms with E-state index in [0.717, 1.165) is 6.54 Å². The molecule has 0 saturated carbocycles. The summed E-state index contributed by atoms with van der Waals surface area (Å²) < 4.78 is 1.28. The highest BCUT2D eigenvalue weighted by Crippen LogP contribution is 2.12. The second kappa shape index (κ2) is 6.54. The Morgan fingerprint density at radius 3 is 3.00 bits per heavy atom. The van der Waals surface area contributed by atoms with Crippen molar-refractivity contribution in [3.63, 3.8) is 0 Å². The van der Waals surface area contributed by atoms with Crippen molar-refractivity contribution in [1.82, 2.24) is 0 Å².